The molecule has 21 heavy (non-hydrogen) atoms. The lowest BCUT2D eigenvalue weighted by Gasteiger charge is -2.18. The third-order valence-electron chi connectivity index (χ3n) is 2.13. The smallest absolute Gasteiger partial charge is 0.491 e. The Bertz CT molecular complexity index is 540. The molecule has 1 N–H and O–H groups in total. The lowest BCUT2D eigenvalue weighted by atomic mass is 10.1. The monoisotopic (exact) mass is 319 g/mol. The number of carboxylic acid groups (broad SMARTS) is 1. The summed E-state index contributed by atoms with van der Waals surface area (Å²) in [5, 5.41) is 8.57. The van der Waals surface area contributed by atoms with E-state index in [0.717, 1.165) is 7.11 Å². The van der Waals surface area contributed by atoms with E-state index in [1.54, 1.807) is 0 Å². The Hall–Kier alpha value is -2.20. The van der Waals surface area contributed by atoms with Gasteiger partial charge in [0.25, 0.3) is 0 Å². The van der Waals surface area contributed by atoms with Gasteiger partial charge in [0.2, 0.25) is 0 Å². The highest BCUT2D eigenvalue weighted by molar-refractivity contribution is 5.72. The molecule has 0 bridgehead atoms. The minimum atomic E-state index is -5.33. The van der Waals surface area contributed by atoms with Crippen molar-refractivity contribution in [1.82, 2.24) is 4.98 Å². The summed E-state index contributed by atoms with van der Waals surface area (Å²) in [5.41, 5.74) is -3.06. The molecule has 1 heterocycles. The third-order valence-corrected chi connectivity index (χ3v) is 2.13. The SMILES string of the molecule is COc1cnc(C(F)(F)F)c(CC(=O)O)c1OC(F)(F)F. The zero-order valence-corrected chi connectivity index (χ0v) is 10.2. The number of nitrogens with zero attached hydrogens (tertiary/aromatic N) is 1. The maximum Gasteiger partial charge on any atom is 0.573 e. The van der Waals surface area contributed by atoms with E-state index in [1.165, 1.54) is 0 Å². The molecule has 5 nitrogen and oxygen atoms in total. The first-order chi connectivity index (χ1) is 9.45. The molecule has 0 aliphatic rings. The van der Waals surface area contributed by atoms with Gasteiger partial charge in [-0.3, -0.25) is 4.79 Å². The molecule has 0 aromatic carbocycles. The van der Waals surface area contributed by atoms with E-state index in [9.17, 15) is 31.1 Å². The largest absolute Gasteiger partial charge is 0.573 e. The van der Waals surface area contributed by atoms with Crippen molar-refractivity contribution < 1.29 is 45.7 Å². The molecule has 1 rings (SSSR count). The van der Waals surface area contributed by atoms with Crippen LogP contribution < -0.4 is 9.47 Å². The van der Waals surface area contributed by atoms with Crippen molar-refractivity contribution in [1.29, 1.82) is 0 Å². The zero-order valence-electron chi connectivity index (χ0n) is 10.2. The number of aliphatic carboxylic acids is 1. The summed E-state index contributed by atoms with van der Waals surface area (Å²) < 4.78 is 82.9. The second-order valence-electron chi connectivity index (χ2n) is 3.60. The molecule has 0 saturated heterocycles. The van der Waals surface area contributed by atoms with Crippen molar-refractivity contribution in [2.45, 2.75) is 19.0 Å². The van der Waals surface area contributed by atoms with E-state index in [1.807, 2.05) is 0 Å². The highest BCUT2D eigenvalue weighted by Gasteiger charge is 2.41. The fourth-order valence-electron chi connectivity index (χ4n) is 1.45. The first kappa shape index (κ1) is 16.9. The van der Waals surface area contributed by atoms with Crippen molar-refractivity contribution >= 4 is 5.97 Å². The average Bonchev–Trinajstić information content (AvgIpc) is 2.27. The summed E-state index contributed by atoms with van der Waals surface area (Å²) in [6.07, 6.45) is -11.5. The van der Waals surface area contributed by atoms with Crippen LogP contribution in [0.25, 0.3) is 0 Å². The molecule has 0 spiro atoms. The lowest BCUT2D eigenvalue weighted by molar-refractivity contribution is -0.275. The zero-order chi connectivity index (χ0) is 16.4. The number of alkyl halides is 6. The molecule has 118 valence electrons. The molecule has 0 atom stereocenters. The Morgan fingerprint density at radius 3 is 2.24 bits per heavy atom. The first-order valence-electron chi connectivity index (χ1n) is 5.06. The van der Waals surface area contributed by atoms with Gasteiger partial charge in [-0.15, -0.1) is 13.2 Å². The van der Waals surface area contributed by atoms with Crippen LogP contribution in [-0.4, -0.2) is 29.5 Å². The van der Waals surface area contributed by atoms with Crippen LogP contribution in [0.3, 0.4) is 0 Å². The van der Waals surface area contributed by atoms with Crippen LogP contribution in [0.5, 0.6) is 11.5 Å². The second kappa shape index (κ2) is 5.66. The molecule has 1 aromatic heterocycles. The molecule has 0 unspecified atom stereocenters. The van der Waals surface area contributed by atoms with Crippen LogP contribution >= 0.6 is 0 Å². The van der Waals surface area contributed by atoms with E-state index >= 15 is 0 Å². The maximum atomic E-state index is 12.7. The minimum absolute atomic E-state index is 0.370. The van der Waals surface area contributed by atoms with Gasteiger partial charge in [0.05, 0.1) is 19.7 Å². The Morgan fingerprint density at radius 2 is 1.86 bits per heavy atom. The number of ether oxygens (including phenoxy) is 2. The van der Waals surface area contributed by atoms with Crippen LogP contribution in [0.1, 0.15) is 11.3 Å². The van der Waals surface area contributed by atoms with E-state index < -0.39 is 47.7 Å². The average molecular weight is 319 g/mol. The molecule has 0 aliphatic carbocycles. The van der Waals surface area contributed by atoms with Crippen molar-refractivity contribution in [2.24, 2.45) is 0 Å². The number of aromatic nitrogens is 1. The van der Waals surface area contributed by atoms with Crippen molar-refractivity contribution in [3.05, 3.63) is 17.5 Å². The van der Waals surface area contributed by atoms with Gasteiger partial charge >= 0.3 is 18.5 Å². The molecular formula is C10H7F6NO4. The molecule has 0 amide bonds. The van der Waals surface area contributed by atoms with E-state index in [0.29, 0.717) is 6.20 Å². The van der Waals surface area contributed by atoms with E-state index in [4.69, 9.17) is 5.11 Å². The molecule has 0 saturated carbocycles. The standard InChI is InChI=1S/C10H7F6NO4/c1-20-5-3-17-8(9(11,12)13)4(2-6(18)19)7(5)21-10(14,15)16/h3H,2H2,1H3,(H,18,19). The summed E-state index contributed by atoms with van der Waals surface area (Å²) in [6, 6.07) is 0. The lowest BCUT2D eigenvalue weighted by Crippen LogP contribution is -2.22. The molecule has 0 fully saturated rings. The number of methoxy groups -OCH3 is 1. The number of carboxylic acids is 1. The van der Waals surface area contributed by atoms with E-state index in [2.05, 4.69) is 14.5 Å². The maximum absolute atomic E-state index is 12.7. The van der Waals surface area contributed by atoms with Gasteiger partial charge in [-0.25, -0.2) is 4.98 Å². The van der Waals surface area contributed by atoms with Gasteiger partial charge in [-0.2, -0.15) is 13.2 Å². The number of hydrogen-bond donors (Lipinski definition) is 1. The Kier molecular flexibility index (Phi) is 4.54. The molecule has 0 aliphatic heterocycles. The van der Waals surface area contributed by atoms with Crippen molar-refractivity contribution in [3.63, 3.8) is 0 Å². The highest BCUT2D eigenvalue weighted by Crippen LogP contribution is 2.41. The van der Waals surface area contributed by atoms with Crippen LogP contribution in [0.4, 0.5) is 26.3 Å². The molecular weight excluding hydrogens is 312 g/mol. The van der Waals surface area contributed by atoms with Crippen LogP contribution in [0, 0.1) is 0 Å². The number of carbonyl (C=O) groups is 1. The highest BCUT2D eigenvalue weighted by atomic mass is 19.4. The summed E-state index contributed by atoms with van der Waals surface area (Å²) in [6.45, 7) is 0. The van der Waals surface area contributed by atoms with E-state index in [-0.39, 0.29) is 0 Å². The molecule has 0 radical (unpaired) electrons. The van der Waals surface area contributed by atoms with Gasteiger partial charge in [0.1, 0.15) is 0 Å². The predicted octanol–water partition coefficient (Wildman–Crippen LogP) is 2.63. The number of halogens is 6. The summed E-state index contributed by atoms with van der Waals surface area (Å²) >= 11 is 0. The molecule has 1 aromatic rings. The topological polar surface area (TPSA) is 68.7 Å². The van der Waals surface area contributed by atoms with Gasteiger partial charge in [0.15, 0.2) is 17.2 Å². The first-order valence-corrected chi connectivity index (χ1v) is 5.06. The van der Waals surface area contributed by atoms with Gasteiger partial charge < -0.3 is 14.6 Å². The van der Waals surface area contributed by atoms with Gasteiger partial charge in [-0.05, 0) is 0 Å². The third kappa shape index (κ3) is 4.39. The summed E-state index contributed by atoms with van der Waals surface area (Å²) in [5.74, 6) is -3.94. The summed E-state index contributed by atoms with van der Waals surface area (Å²) in [7, 11) is 0.873. The summed E-state index contributed by atoms with van der Waals surface area (Å²) in [4.78, 5) is 13.5. The molecule has 11 heteroatoms. The van der Waals surface area contributed by atoms with Crippen molar-refractivity contribution in [2.75, 3.05) is 7.11 Å². The fraction of sp³-hybridized carbons (Fsp3) is 0.400. The number of hydrogen-bond acceptors (Lipinski definition) is 4. The minimum Gasteiger partial charge on any atom is -0.491 e. The van der Waals surface area contributed by atoms with Gasteiger partial charge in [0, 0.05) is 5.56 Å². The Labute approximate surface area is 113 Å². The predicted molar refractivity (Wildman–Crippen MR) is 53.8 cm³/mol. The quantitative estimate of drug-likeness (QED) is 0.864. The number of rotatable bonds is 4. The fourth-order valence-corrected chi connectivity index (χ4v) is 1.45. The normalized spacial score (nSPS) is 12.1. The number of pyridine rings is 1. The van der Waals surface area contributed by atoms with Gasteiger partial charge in [-0.1, -0.05) is 0 Å². The van der Waals surface area contributed by atoms with Crippen LogP contribution in [0.15, 0.2) is 6.20 Å². The van der Waals surface area contributed by atoms with Crippen molar-refractivity contribution in [3.8, 4) is 11.5 Å². The van der Waals surface area contributed by atoms with Crippen LogP contribution in [0.2, 0.25) is 0 Å². The Balaban J connectivity index is 3.57. The Morgan fingerprint density at radius 1 is 1.29 bits per heavy atom. The van der Waals surface area contributed by atoms with Crippen LogP contribution in [-0.2, 0) is 17.4 Å². The second-order valence-corrected chi connectivity index (χ2v) is 3.60.